The second-order valence-electron chi connectivity index (χ2n) is 2.00. The van der Waals surface area contributed by atoms with Crippen molar-refractivity contribution in [3.63, 3.8) is 0 Å². The Kier molecular flexibility index (Phi) is 321. The summed E-state index contributed by atoms with van der Waals surface area (Å²) in [6.45, 7) is 0. The Morgan fingerprint density at radius 2 is 0.139 bits per heavy atom. The molecule has 0 N–H and O–H groups in total. The van der Waals surface area contributed by atoms with Crippen LogP contribution in [0.4, 0.5) is 0 Å². The Bertz CT molecular complexity index is 160. The molecule has 0 aromatic heterocycles. The SMILES string of the molecule is [K+].[K+].[K+].[K+].[K+].[K+].[K+].[K+].[K+].[K+].[K+].[K+].[K+].[K+].[K+].[K+].[O-][Si]([O-])([O-])[O-].[O-][Si]([O-])([O-])[O-].[O-][Si]([O-])([O-])[O-].[O-][Si]([O-])([O-])[O-]. The molecule has 0 aliphatic rings. The third kappa shape index (κ3) is 306. The van der Waals surface area contributed by atoms with Crippen LogP contribution in [-0.4, -0.2) is 36.2 Å². The van der Waals surface area contributed by atoms with Gasteiger partial charge in [0.15, 0.2) is 0 Å². The van der Waals surface area contributed by atoms with Crippen molar-refractivity contribution in [2.45, 2.75) is 0 Å². The second kappa shape index (κ2) is 88.2. The Balaban J connectivity index is -0.00000000459. The summed E-state index contributed by atoms with van der Waals surface area (Å²) in [5.74, 6) is 0. The molecule has 0 atom stereocenters. The zero-order chi connectivity index (χ0) is 18.0. The van der Waals surface area contributed by atoms with Crippen LogP contribution in [0.1, 0.15) is 0 Å². The van der Waals surface area contributed by atoms with Gasteiger partial charge in [-0.05, 0) is 0 Å². The molecule has 0 saturated carbocycles. The summed E-state index contributed by atoms with van der Waals surface area (Å²) < 4.78 is 0. The zero-order valence-corrected chi connectivity index (χ0v) is 78.5. The molecular formula is K16O16Si4. The fourth-order valence-corrected chi connectivity index (χ4v) is 0. The van der Waals surface area contributed by atoms with Crippen molar-refractivity contribution in [2.24, 2.45) is 0 Å². The van der Waals surface area contributed by atoms with Crippen molar-refractivity contribution in [3.8, 4) is 0 Å². The van der Waals surface area contributed by atoms with Gasteiger partial charge >= 0.3 is 822 Å². The first-order valence-corrected chi connectivity index (χ1v) is 9.80. The molecule has 0 aliphatic carbocycles. The first-order valence-electron chi connectivity index (χ1n) is 3.27. The average molecular weight is 994 g/mol. The summed E-state index contributed by atoms with van der Waals surface area (Å²) in [7, 11) is -22.4. The first kappa shape index (κ1) is 131. The molecule has 0 bridgehead atoms. The standard InChI is InChI=1S/16K.4O4Si/c;;;;;;;;;;;;;;;;4*1-5(2,3)4/q16*+1;4*-4. The van der Waals surface area contributed by atoms with E-state index in [4.69, 9.17) is 76.7 Å². The first-order chi connectivity index (χ1) is 8.00. The fourth-order valence-electron chi connectivity index (χ4n) is 0. The van der Waals surface area contributed by atoms with Crippen LogP contribution in [-0.2, 0) is 0 Å². The molecule has 0 unspecified atom stereocenters. The average Bonchev–Trinajstić information content (AvgIpc) is 1.62. The molecule has 0 saturated heterocycles. The number of hydrogen-bond acceptors (Lipinski definition) is 16. The van der Waals surface area contributed by atoms with E-state index < -0.39 is 36.2 Å². The molecule has 0 rings (SSSR count). The summed E-state index contributed by atoms with van der Waals surface area (Å²) in [5.41, 5.74) is 0. The molecule has 0 heterocycles. The molecule has 0 fully saturated rings. The monoisotopic (exact) mass is 991 g/mol. The largest absolute Gasteiger partial charge is 1.00 e. The Morgan fingerprint density at radius 3 is 0.139 bits per heavy atom. The minimum atomic E-state index is -5.61. The van der Waals surface area contributed by atoms with Crippen molar-refractivity contribution in [1.82, 2.24) is 0 Å². The van der Waals surface area contributed by atoms with E-state index in [9.17, 15) is 0 Å². The number of rotatable bonds is 0. The van der Waals surface area contributed by atoms with Gasteiger partial charge in [-0.2, -0.15) is 0 Å². The molecule has 128 valence electrons. The summed E-state index contributed by atoms with van der Waals surface area (Å²) in [5, 5.41) is 0. The van der Waals surface area contributed by atoms with Crippen LogP contribution >= 0.6 is 0 Å². The molecule has 0 aromatic rings. The molecule has 0 radical (unpaired) electrons. The molecule has 0 amide bonds. The zero-order valence-electron chi connectivity index (χ0n) is 24.5. The maximum atomic E-state index is 8.58. The topological polar surface area (TPSA) is 369 Å². The van der Waals surface area contributed by atoms with Crippen molar-refractivity contribution in [2.75, 3.05) is 0 Å². The van der Waals surface area contributed by atoms with Crippen molar-refractivity contribution in [3.05, 3.63) is 0 Å². The van der Waals surface area contributed by atoms with E-state index in [0.29, 0.717) is 0 Å². The Morgan fingerprint density at radius 1 is 0.139 bits per heavy atom. The van der Waals surface area contributed by atoms with Gasteiger partial charge in [0.25, 0.3) is 0 Å². The van der Waals surface area contributed by atoms with Gasteiger partial charge in [-0.25, -0.2) is 0 Å². The Labute approximate surface area is 896 Å². The molecule has 0 aliphatic heterocycles. The van der Waals surface area contributed by atoms with Crippen molar-refractivity contribution in [1.29, 1.82) is 0 Å². The summed E-state index contributed by atoms with van der Waals surface area (Å²) in [6, 6.07) is 0. The predicted octanol–water partition coefficient (Wildman–Crippen LogP) is -68.5. The van der Waals surface area contributed by atoms with Gasteiger partial charge in [0.05, 0.1) is 0 Å². The van der Waals surface area contributed by atoms with Gasteiger partial charge in [-0.3, -0.25) is 0 Å². The summed E-state index contributed by atoms with van der Waals surface area (Å²) in [4.78, 5) is 137. The van der Waals surface area contributed by atoms with E-state index >= 15 is 0 Å². The second-order valence-corrected chi connectivity index (χ2v) is 6.00. The minimum absolute atomic E-state index is 0. The summed E-state index contributed by atoms with van der Waals surface area (Å²) in [6.07, 6.45) is 0. The Hall–Kier alpha value is 26.4. The third-order valence-corrected chi connectivity index (χ3v) is 0. The molecule has 0 aromatic carbocycles. The molecule has 0 spiro atoms. The number of hydrogen-bond donors (Lipinski definition) is 0. The van der Waals surface area contributed by atoms with Gasteiger partial charge in [0.1, 0.15) is 0 Å². The van der Waals surface area contributed by atoms with E-state index in [1.807, 2.05) is 0 Å². The van der Waals surface area contributed by atoms with Gasteiger partial charge in [-0.15, -0.1) is 0 Å². The van der Waals surface area contributed by atoms with E-state index in [-0.39, 0.29) is 822 Å². The van der Waals surface area contributed by atoms with E-state index in [1.54, 1.807) is 0 Å². The predicted molar refractivity (Wildman–Crippen MR) is 23.0 cm³/mol. The fraction of sp³-hybridized carbons (Fsp3) is 0. The van der Waals surface area contributed by atoms with Crippen LogP contribution < -0.4 is 899 Å². The van der Waals surface area contributed by atoms with Crippen LogP contribution in [0.25, 0.3) is 0 Å². The van der Waals surface area contributed by atoms with Crippen LogP contribution in [0.5, 0.6) is 0 Å². The maximum absolute atomic E-state index is 8.58. The quantitative estimate of drug-likeness (QED) is 0.203. The third-order valence-electron chi connectivity index (χ3n) is 0. The minimum Gasteiger partial charge on any atom is -0.894 e. The van der Waals surface area contributed by atoms with Gasteiger partial charge in [0.2, 0.25) is 0 Å². The normalized spacial score (nSPS) is 6.67. The van der Waals surface area contributed by atoms with E-state index in [2.05, 4.69) is 0 Å². The van der Waals surface area contributed by atoms with Gasteiger partial charge in [-0.1, -0.05) is 0 Å². The van der Waals surface area contributed by atoms with E-state index in [0.717, 1.165) is 0 Å². The van der Waals surface area contributed by atoms with Crippen molar-refractivity contribution < 1.29 is 899 Å². The van der Waals surface area contributed by atoms with Crippen molar-refractivity contribution >= 4 is 36.2 Å². The van der Waals surface area contributed by atoms with Crippen LogP contribution in [0, 0.1) is 0 Å². The maximum Gasteiger partial charge on any atom is 1.00 e. The van der Waals surface area contributed by atoms with Crippen LogP contribution in [0.15, 0.2) is 0 Å². The van der Waals surface area contributed by atoms with Crippen LogP contribution in [0.2, 0.25) is 0 Å². The molecule has 36 heteroatoms. The molecular weight excluding hydrogens is 994 g/mol. The molecule has 36 heavy (non-hydrogen) atoms. The van der Waals surface area contributed by atoms with E-state index in [1.165, 1.54) is 0 Å². The van der Waals surface area contributed by atoms with Gasteiger partial charge < -0.3 is 113 Å². The molecule has 16 nitrogen and oxygen atoms in total. The van der Waals surface area contributed by atoms with Crippen LogP contribution in [0.3, 0.4) is 0 Å². The summed E-state index contributed by atoms with van der Waals surface area (Å²) >= 11 is 0. The van der Waals surface area contributed by atoms with Gasteiger partial charge in [0, 0.05) is 0 Å². The smallest absolute Gasteiger partial charge is 0.894 e.